The molecular weight excluding hydrogens is 184 g/mol. The summed E-state index contributed by atoms with van der Waals surface area (Å²) in [5.41, 5.74) is 0. The van der Waals surface area contributed by atoms with Gasteiger partial charge in [-0.05, 0) is 19.8 Å². The van der Waals surface area contributed by atoms with Crippen LogP contribution in [-0.4, -0.2) is 21.4 Å². The van der Waals surface area contributed by atoms with Crippen LogP contribution >= 0.6 is 0 Å². The molecule has 0 aromatic carbocycles. The lowest BCUT2D eigenvalue weighted by atomic mass is 10.3. The molecule has 1 radical (unpaired) electrons. The van der Waals surface area contributed by atoms with Crippen LogP contribution in [0.3, 0.4) is 0 Å². The van der Waals surface area contributed by atoms with Crippen molar-refractivity contribution in [2.75, 3.05) is 0 Å². The molecular formula is C9H19O3Si. The Hall–Kier alpha value is -0.353. The van der Waals surface area contributed by atoms with Crippen LogP contribution in [0.1, 0.15) is 34.6 Å². The highest BCUT2D eigenvalue weighted by Gasteiger charge is 2.22. The number of carbonyl (C=O) groups excluding carboxylic acids is 1. The summed E-state index contributed by atoms with van der Waals surface area (Å²) in [6, 6.07) is 0.850. The SMILES string of the molecule is CC(=O)O[Si](CC(C)C)OC(C)C. The van der Waals surface area contributed by atoms with Gasteiger partial charge < -0.3 is 8.85 Å². The van der Waals surface area contributed by atoms with E-state index >= 15 is 0 Å². The molecule has 77 valence electrons. The minimum atomic E-state index is -1.39. The van der Waals surface area contributed by atoms with E-state index in [-0.39, 0.29) is 12.1 Å². The molecule has 0 aromatic heterocycles. The molecule has 0 amide bonds. The van der Waals surface area contributed by atoms with E-state index in [0.717, 1.165) is 6.04 Å². The van der Waals surface area contributed by atoms with Gasteiger partial charge in [0.05, 0.1) is 0 Å². The van der Waals surface area contributed by atoms with Crippen LogP contribution in [0.4, 0.5) is 0 Å². The first-order valence-electron chi connectivity index (χ1n) is 4.62. The summed E-state index contributed by atoms with van der Waals surface area (Å²) in [6.45, 7) is 9.52. The van der Waals surface area contributed by atoms with Gasteiger partial charge in [0.2, 0.25) is 0 Å². The van der Waals surface area contributed by atoms with E-state index in [4.69, 9.17) is 8.85 Å². The largest absolute Gasteiger partial charge is 0.492 e. The highest BCUT2D eigenvalue weighted by Crippen LogP contribution is 2.09. The maximum atomic E-state index is 10.7. The summed E-state index contributed by atoms with van der Waals surface area (Å²) in [5.74, 6) is 0.266. The Kier molecular flexibility index (Phi) is 5.99. The Morgan fingerprint density at radius 2 is 1.85 bits per heavy atom. The first-order valence-corrected chi connectivity index (χ1v) is 6.15. The van der Waals surface area contributed by atoms with Gasteiger partial charge in [0, 0.05) is 19.1 Å². The van der Waals surface area contributed by atoms with Crippen LogP contribution < -0.4 is 0 Å². The lowest BCUT2D eigenvalue weighted by molar-refractivity contribution is -0.133. The molecule has 0 unspecified atom stereocenters. The van der Waals surface area contributed by atoms with Gasteiger partial charge in [0.25, 0.3) is 5.97 Å². The fraction of sp³-hybridized carbons (Fsp3) is 0.889. The van der Waals surface area contributed by atoms with Crippen molar-refractivity contribution in [2.24, 2.45) is 5.92 Å². The Morgan fingerprint density at radius 1 is 1.31 bits per heavy atom. The molecule has 3 nitrogen and oxygen atoms in total. The van der Waals surface area contributed by atoms with Crippen molar-refractivity contribution in [1.82, 2.24) is 0 Å². The Bertz CT molecular complexity index is 147. The molecule has 0 aliphatic heterocycles. The number of rotatable bonds is 5. The molecule has 0 aromatic rings. The second-order valence-corrected chi connectivity index (χ2v) is 5.32. The normalized spacial score (nSPS) is 11.4. The van der Waals surface area contributed by atoms with Crippen LogP contribution in [-0.2, 0) is 13.6 Å². The molecule has 0 atom stereocenters. The van der Waals surface area contributed by atoms with E-state index in [1.54, 1.807) is 0 Å². The number of carbonyl (C=O) groups is 1. The molecule has 0 saturated heterocycles. The highest BCUT2D eigenvalue weighted by molar-refractivity contribution is 6.46. The zero-order valence-corrected chi connectivity index (χ0v) is 10.1. The zero-order chi connectivity index (χ0) is 10.4. The molecule has 0 bridgehead atoms. The molecule has 0 fully saturated rings. The van der Waals surface area contributed by atoms with E-state index < -0.39 is 9.28 Å². The summed E-state index contributed by atoms with van der Waals surface area (Å²) in [5, 5.41) is 0. The molecule has 13 heavy (non-hydrogen) atoms. The van der Waals surface area contributed by atoms with E-state index in [2.05, 4.69) is 13.8 Å². The van der Waals surface area contributed by atoms with Gasteiger partial charge in [-0.3, -0.25) is 4.79 Å². The van der Waals surface area contributed by atoms with E-state index in [1.807, 2.05) is 13.8 Å². The van der Waals surface area contributed by atoms with Crippen LogP contribution in [0.15, 0.2) is 0 Å². The van der Waals surface area contributed by atoms with Crippen molar-refractivity contribution in [3.63, 3.8) is 0 Å². The third kappa shape index (κ3) is 7.99. The van der Waals surface area contributed by atoms with Gasteiger partial charge in [-0.25, -0.2) is 0 Å². The third-order valence-corrected chi connectivity index (χ3v) is 3.60. The Labute approximate surface area is 82.3 Å². The van der Waals surface area contributed by atoms with Crippen molar-refractivity contribution < 1.29 is 13.6 Å². The average molecular weight is 203 g/mol. The predicted octanol–water partition coefficient (Wildman–Crippen LogP) is 2.12. The fourth-order valence-electron chi connectivity index (χ4n) is 0.870. The van der Waals surface area contributed by atoms with Crippen molar-refractivity contribution in [3.05, 3.63) is 0 Å². The van der Waals surface area contributed by atoms with Crippen LogP contribution in [0.2, 0.25) is 6.04 Å². The summed E-state index contributed by atoms with van der Waals surface area (Å²) in [4.78, 5) is 10.7. The monoisotopic (exact) mass is 203 g/mol. The first-order chi connectivity index (χ1) is 5.91. The highest BCUT2D eigenvalue weighted by atomic mass is 28.3. The van der Waals surface area contributed by atoms with Gasteiger partial charge in [0.1, 0.15) is 0 Å². The Balaban J connectivity index is 3.95. The Morgan fingerprint density at radius 3 is 2.15 bits per heavy atom. The second-order valence-electron chi connectivity index (χ2n) is 3.73. The van der Waals surface area contributed by atoms with Crippen molar-refractivity contribution in [1.29, 1.82) is 0 Å². The zero-order valence-electron chi connectivity index (χ0n) is 9.09. The molecule has 0 heterocycles. The lowest BCUT2D eigenvalue weighted by Gasteiger charge is -2.17. The lowest BCUT2D eigenvalue weighted by Crippen LogP contribution is -2.29. The molecule has 0 aliphatic carbocycles. The fourth-order valence-corrected chi connectivity index (χ4v) is 2.61. The maximum absolute atomic E-state index is 10.7. The van der Waals surface area contributed by atoms with Crippen LogP contribution in [0.5, 0.6) is 0 Å². The predicted molar refractivity (Wildman–Crippen MR) is 53.4 cm³/mol. The molecule has 0 N–H and O–H groups in total. The second kappa shape index (κ2) is 6.15. The summed E-state index contributed by atoms with van der Waals surface area (Å²) < 4.78 is 10.6. The first kappa shape index (κ1) is 12.6. The standard InChI is InChI=1S/C9H19O3Si/c1-7(2)6-13(11-8(3)4)12-9(5)10/h7-8H,6H2,1-5H3. The summed E-state index contributed by atoms with van der Waals surface area (Å²) in [7, 11) is -1.39. The quantitative estimate of drug-likeness (QED) is 0.642. The molecule has 0 rings (SSSR count). The molecule has 4 heteroatoms. The minimum absolute atomic E-state index is 0.131. The number of hydrogen-bond donors (Lipinski definition) is 0. The van der Waals surface area contributed by atoms with Gasteiger partial charge >= 0.3 is 9.28 Å². The van der Waals surface area contributed by atoms with E-state index in [1.165, 1.54) is 6.92 Å². The van der Waals surface area contributed by atoms with Crippen LogP contribution in [0.25, 0.3) is 0 Å². The van der Waals surface area contributed by atoms with Crippen LogP contribution in [0, 0.1) is 5.92 Å². The van der Waals surface area contributed by atoms with Crippen molar-refractivity contribution in [3.8, 4) is 0 Å². The molecule has 0 saturated carbocycles. The number of hydrogen-bond acceptors (Lipinski definition) is 3. The van der Waals surface area contributed by atoms with Crippen molar-refractivity contribution in [2.45, 2.75) is 46.8 Å². The minimum Gasteiger partial charge on any atom is -0.492 e. The third-order valence-electron chi connectivity index (χ3n) is 1.20. The van der Waals surface area contributed by atoms with E-state index in [0.29, 0.717) is 5.92 Å². The van der Waals surface area contributed by atoms with Gasteiger partial charge in [-0.15, -0.1) is 0 Å². The van der Waals surface area contributed by atoms with Crippen molar-refractivity contribution >= 4 is 15.3 Å². The van der Waals surface area contributed by atoms with Gasteiger partial charge in [-0.2, -0.15) is 0 Å². The maximum Gasteiger partial charge on any atom is 0.460 e. The summed E-state index contributed by atoms with van der Waals surface area (Å²) in [6.07, 6.45) is 0.131. The summed E-state index contributed by atoms with van der Waals surface area (Å²) >= 11 is 0. The smallest absolute Gasteiger partial charge is 0.460 e. The topological polar surface area (TPSA) is 35.5 Å². The van der Waals surface area contributed by atoms with Gasteiger partial charge in [0.15, 0.2) is 0 Å². The molecule has 0 aliphatic rings. The molecule has 0 spiro atoms. The van der Waals surface area contributed by atoms with E-state index in [9.17, 15) is 4.79 Å². The van der Waals surface area contributed by atoms with Gasteiger partial charge in [-0.1, -0.05) is 13.8 Å². The average Bonchev–Trinajstić information content (AvgIpc) is 1.80.